The predicted octanol–water partition coefficient (Wildman–Crippen LogP) is 4.72. The van der Waals surface area contributed by atoms with Crippen LogP contribution in [0.1, 0.15) is 40.4 Å². The summed E-state index contributed by atoms with van der Waals surface area (Å²) in [6.07, 6.45) is -0.442. The third-order valence-corrected chi connectivity index (χ3v) is 6.98. The number of nitrogens with zero attached hydrogens (tertiary/aromatic N) is 1. The Labute approximate surface area is 215 Å². The lowest BCUT2D eigenvalue weighted by molar-refractivity contribution is 0.0697. The van der Waals surface area contributed by atoms with Crippen molar-refractivity contribution in [2.24, 2.45) is 5.92 Å². The Balaban J connectivity index is 1.28. The molecule has 3 atom stereocenters. The second kappa shape index (κ2) is 10.9. The molecule has 8 heteroatoms. The fourth-order valence-electron chi connectivity index (χ4n) is 5.01. The number of rotatable bonds is 7. The molecule has 1 amide bonds. The van der Waals surface area contributed by atoms with Crippen molar-refractivity contribution in [3.05, 3.63) is 89.5 Å². The van der Waals surface area contributed by atoms with E-state index in [0.29, 0.717) is 38.6 Å². The van der Waals surface area contributed by atoms with Crippen molar-refractivity contribution in [2.75, 3.05) is 32.8 Å². The van der Waals surface area contributed by atoms with Crippen molar-refractivity contribution < 1.29 is 28.9 Å². The number of likely N-dealkylation sites (tertiary alicyclic amines) is 1. The van der Waals surface area contributed by atoms with Crippen LogP contribution in [0.2, 0.25) is 0 Å². The highest BCUT2D eigenvalue weighted by atomic mass is 16.6. The van der Waals surface area contributed by atoms with Crippen LogP contribution in [0.3, 0.4) is 0 Å². The van der Waals surface area contributed by atoms with E-state index in [0.717, 1.165) is 17.1 Å². The number of carbonyl (C=O) groups is 2. The Morgan fingerprint density at radius 2 is 1.76 bits per heavy atom. The van der Waals surface area contributed by atoms with E-state index < -0.39 is 12.1 Å². The van der Waals surface area contributed by atoms with Crippen molar-refractivity contribution in [2.45, 2.75) is 18.9 Å². The maximum atomic E-state index is 13.0. The number of nitrogens with one attached hydrogen (secondary N) is 1. The van der Waals surface area contributed by atoms with Gasteiger partial charge in [-0.3, -0.25) is 0 Å². The van der Waals surface area contributed by atoms with Crippen molar-refractivity contribution >= 4 is 12.1 Å². The number of hydrogen-bond acceptors (Lipinski definition) is 6. The molecule has 2 heterocycles. The zero-order valence-corrected chi connectivity index (χ0v) is 20.6. The first-order valence-electron chi connectivity index (χ1n) is 12.5. The number of carbonyl (C=O) groups excluding carboxylic acids is 1. The first-order chi connectivity index (χ1) is 18.0. The van der Waals surface area contributed by atoms with Crippen LogP contribution >= 0.6 is 0 Å². The molecule has 0 radical (unpaired) electrons. The Kier molecular flexibility index (Phi) is 7.28. The van der Waals surface area contributed by atoms with Crippen LogP contribution in [0.25, 0.3) is 0 Å². The highest BCUT2D eigenvalue weighted by Crippen LogP contribution is 2.38. The minimum atomic E-state index is -1.03. The largest absolute Gasteiger partial charge is 0.486 e. The average Bonchev–Trinajstić information content (AvgIpc) is 3.37. The summed E-state index contributed by atoms with van der Waals surface area (Å²) >= 11 is 0. The molecular formula is C29H30N2O6. The number of hydrogen-bond donors (Lipinski definition) is 2. The van der Waals surface area contributed by atoms with Crippen LogP contribution in [0.4, 0.5) is 4.79 Å². The molecule has 192 valence electrons. The molecule has 3 unspecified atom stereocenters. The SMILES string of the molecule is CC(NCC1CN(C(=O)Oc2ccc(C(=O)O)cc2)CC1c1ccccc1)c1cccc2c1OCCO2. The molecule has 0 bridgehead atoms. The van der Waals surface area contributed by atoms with Gasteiger partial charge in [-0.25, -0.2) is 9.59 Å². The summed E-state index contributed by atoms with van der Waals surface area (Å²) in [5.41, 5.74) is 2.37. The van der Waals surface area contributed by atoms with Crippen molar-refractivity contribution in [3.63, 3.8) is 0 Å². The van der Waals surface area contributed by atoms with E-state index in [1.54, 1.807) is 4.90 Å². The number of carboxylic acids is 1. The second-order valence-corrected chi connectivity index (χ2v) is 9.38. The van der Waals surface area contributed by atoms with Crippen LogP contribution in [0.5, 0.6) is 17.2 Å². The van der Waals surface area contributed by atoms with Gasteiger partial charge in [-0.2, -0.15) is 0 Å². The highest BCUT2D eigenvalue weighted by Gasteiger charge is 2.37. The minimum absolute atomic E-state index is 0.0295. The number of carboxylic acid groups (broad SMARTS) is 1. The van der Waals surface area contributed by atoms with Gasteiger partial charge in [-0.1, -0.05) is 42.5 Å². The van der Waals surface area contributed by atoms with E-state index in [2.05, 4.69) is 24.4 Å². The molecule has 37 heavy (non-hydrogen) atoms. The number of benzene rings is 3. The summed E-state index contributed by atoms with van der Waals surface area (Å²) in [6, 6.07) is 22.0. The number of fused-ring (bicyclic) bond motifs is 1. The highest BCUT2D eigenvalue weighted by molar-refractivity contribution is 5.87. The summed E-state index contributed by atoms with van der Waals surface area (Å²) in [5.74, 6) is 1.17. The molecule has 1 fully saturated rings. The zero-order chi connectivity index (χ0) is 25.8. The molecule has 2 N–H and O–H groups in total. The van der Waals surface area contributed by atoms with Crippen LogP contribution in [0.15, 0.2) is 72.8 Å². The summed E-state index contributed by atoms with van der Waals surface area (Å²) in [4.78, 5) is 25.8. The fraction of sp³-hybridized carbons (Fsp3) is 0.310. The third-order valence-electron chi connectivity index (χ3n) is 6.98. The lowest BCUT2D eigenvalue weighted by atomic mass is 9.88. The van der Waals surface area contributed by atoms with Gasteiger partial charge in [-0.05, 0) is 48.7 Å². The summed E-state index contributed by atoms with van der Waals surface area (Å²) in [6.45, 7) is 4.96. The first kappa shape index (κ1) is 24.6. The van der Waals surface area contributed by atoms with Gasteiger partial charge in [-0.15, -0.1) is 0 Å². The van der Waals surface area contributed by atoms with Crippen molar-refractivity contribution in [1.29, 1.82) is 0 Å². The summed E-state index contributed by atoms with van der Waals surface area (Å²) in [7, 11) is 0. The van der Waals surface area contributed by atoms with Crippen molar-refractivity contribution in [3.8, 4) is 17.2 Å². The van der Waals surface area contributed by atoms with E-state index in [4.69, 9.17) is 19.3 Å². The molecular weight excluding hydrogens is 472 g/mol. The molecule has 0 aliphatic carbocycles. The monoisotopic (exact) mass is 502 g/mol. The maximum Gasteiger partial charge on any atom is 0.415 e. The molecule has 0 aromatic heterocycles. The topological polar surface area (TPSA) is 97.3 Å². The van der Waals surface area contributed by atoms with Gasteiger partial charge in [0.25, 0.3) is 0 Å². The molecule has 5 rings (SSSR count). The maximum absolute atomic E-state index is 13.0. The van der Waals surface area contributed by atoms with Crippen molar-refractivity contribution in [1.82, 2.24) is 10.2 Å². The summed E-state index contributed by atoms with van der Waals surface area (Å²) < 4.78 is 17.2. The van der Waals surface area contributed by atoms with Gasteiger partial charge >= 0.3 is 12.1 Å². The van der Waals surface area contributed by atoms with E-state index in [1.807, 2.05) is 36.4 Å². The molecule has 2 aliphatic heterocycles. The molecule has 1 saturated heterocycles. The van der Waals surface area contributed by atoms with Gasteiger partial charge in [0.1, 0.15) is 19.0 Å². The van der Waals surface area contributed by atoms with E-state index in [9.17, 15) is 9.59 Å². The summed E-state index contributed by atoms with van der Waals surface area (Å²) in [5, 5.41) is 12.7. The zero-order valence-electron chi connectivity index (χ0n) is 20.6. The Bertz CT molecular complexity index is 1250. The number of aromatic carboxylic acids is 1. The second-order valence-electron chi connectivity index (χ2n) is 9.38. The van der Waals surface area contributed by atoms with Crippen LogP contribution in [0, 0.1) is 5.92 Å². The lowest BCUT2D eigenvalue weighted by Gasteiger charge is -2.26. The van der Waals surface area contributed by atoms with Gasteiger partial charge < -0.3 is 29.5 Å². The molecule has 3 aromatic rings. The van der Waals surface area contributed by atoms with Gasteiger partial charge in [0.2, 0.25) is 0 Å². The van der Waals surface area contributed by atoms with Gasteiger partial charge in [0.05, 0.1) is 5.56 Å². The van der Waals surface area contributed by atoms with E-state index >= 15 is 0 Å². The lowest BCUT2D eigenvalue weighted by Crippen LogP contribution is -2.33. The van der Waals surface area contributed by atoms with E-state index in [1.165, 1.54) is 29.8 Å². The van der Waals surface area contributed by atoms with Crippen LogP contribution < -0.4 is 19.5 Å². The quantitative estimate of drug-likeness (QED) is 0.482. The average molecular weight is 503 g/mol. The van der Waals surface area contributed by atoms with Crippen LogP contribution in [-0.2, 0) is 0 Å². The Morgan fingerprint density at radius 1 is 1.00 bits per heavy atom. The number of ether oxygens (including phenoxy) is 3. The van der Waals surface area contributed by atoms with Gasteiger partial charge in [0, 0.05) is 37.2 Å². The normalized spacial score (nSPS) is 19.3. The Morgan fingerprint density at radius 3 is 2.51 bits per heavy atom. The van der Waals surface area contributed by atoms with E-state index in [-0.39, 0.29) is 23.4 Å². The smallest absolute Gasteiger partial charge is 0.415 e. The third kappa shape index (κ3) is 5.54. The number of amides is 1. The number of para-hydroxylation sites is 1. The molecule has 0 spiro atoms. The standard InChI is InChI=1S/C29H30N2O6/c1-19(24-8-5-9-26-27(24)36-15-14-35-26)30-16-22-17-31(18-25(22)20-6-3-2-4-7-20)29(34)37-23-12-10-21(11-13-23)28(32)33/h2-13,19,22,25,30H,14-18H2,1H3,(H,32,33). The fourth-order valence-corrected chi connectivity index (χ4v) is 5.01. The molecule has 8 nitrogen and oxygen atoms in total. The van der Waals surface area contributed by atoms with Crippen LogP contribution in [-0.4, -0.2) is 54.9 Å². The first-order valence-corrected chi connectivity index (χ1v) is 12.5. The Hall–Kier alpha value is -4.04. The molecule has 3 aromatic carbocycles. The van der Waals surface area contributed by atoms with Gasteiger partial charge in [0.15, 0.2) is 11.5 Å². The molecule has 2 aliphatic rings. The molecule has 0 saturated carbocycles. The minimum Gasteiger partial charge on any atom is -0.486 e. The predicted molar refractivity (Wildman–Crippen MR) is 138 cm³/mol.